The lowest BCUT2D eigenvalue weighted by atomic mass is 10.5. The van der Waals surface area contributed by atoms with Gasteiger partial charge in [-0.15, -0.1) is 0 Å². The Morgan fingerprint density at radius 3 is 2.00 bits per heavy atom. The molecule has 0 aliphatic rings. The average molecular weight is 223 g/mol. The van der Waals surface area contributed by atoms with Gasteiger partial charge < -0.3 is 23.7 Å². The van der Waals surface area contributed by atoms with E-state index in [1.807, 2.05) is 6.92 Å². The van der Waals surface area contributed by atoms with Gasteiger partial charge in [0.25, 0.3) is 0 Å². The Hall–Kier alpha value is 0.0169. The summed E-state index contributed by atoms with van der Waals surface area (Å²) in [5.74, 6) is 0. The van der Waals surface area contributed by atoms with Crippen LogP contribution >= 0.6 is 0 Å². The predicted molar refractivity (Wildman–Crippen MR) is 56.1 cm³/mol. The maximum atomic E-state index is 5.42. The summed E-state index contributed by atoms with van der Waals surface area (Å²) in [5.41, 5.74) is 5.33. The fourth-order valence-electron chi connectivity index (χ4n) is 1.18. The Bertz CT molecular complexity index is 135. The van der Waals surface area contributed by atoms with E-state index < -0.39 is 8.80 Å². The van der Waals surface area contributed by atoms with E-state index in [9.17, 15) is 0 Å². The van der Waals surface area contributed by atoms with Crippen molar-refractivity contribution in [2.24, 2.45) is 5.73 Å². The van der Waals surface area contributed by atoms with Gasteiger partial charge in [0, 0.05) is 33.9 Å². The molecular weight excluding hydrogens is 202 g/mol. The predicted octanol–water partition coefficient (Wildman–Crippen LogP) is 0.228. The van der Waals surface area contributed by atoms with Gasteiger partial charge in [-0.3, -0.25) is 0 Å². The first kappa shape index (κ1) is 14.0. The lowest BCUT2D eigenvalue weighted by molar-refractivity contribution is 0.0557. The third kappa shape index (κ3) is 4.49. The second-order valence-corrected chi connectivity index (χ2v) is 5.97. The number of hydrogen-bond acceptors (Lipinski definition) is 5. The molecule has 0 bridgehead atoms. The van der Waals surface area contributed by atoms with E-state index in [1.54, 1.807) is 21.3 Å². The molecule has 0 spiro atoms. The van der Waals surface area contributed by atoms with Gasteiger partial charge in [0.2, 0.25) is 0 Å². The van der Waals surface area contributed by atoms with E-state index >= 15 is 0 Å². The Morgan fingerprint density at radius 1 is 1.14 bits per heavy atom. The highest BCUT2D eigenvalue weighted by molar-refractivity contribution is 6.60. The van der Waals surface area contributed by atoms with Crippen LogP contribution in [0.4, 0.5) is 0 Å². The third-order valence-electron chi connectivity index (χ3n) is 1.99. The van der Waals surface area contributed by atoms with Gasteiger partial charge >= 0.3 is 8.80 Å². The van der Waals surface area contributed by atoms with Crippen molar-refractivity contribution >= 4 is 8.80 Å². The van der Waals surface area contributed by atoms with Crippen LogP contribution in [0, 0.1) is 0 Å². The molecule has 1 atom stereocenters. The second-order valence-electron chi connectivity index (χ2n) is 2.97. The van der Waals surface area contributed by atoms with E-state index in [0.717, 1.165) is 0 Å². The number of hydrogen-bond donors (Lipinski definition) is 1. The van der Waals surface area contributed by atoms with Crippen LogP contribution in [0.1, 0.15) is 6.92 Å². The van der Waals surface area contributed by atoms with E-state index in [1.165, 1.54) is 0 Å². The highest BCUT2D eigenvalue weighted by Gasteiger charge is 2.39. The minimum atomic E-state index is -2.50. The molecule has 0 aliphatic carbocycles. The van der Waals surface area contributed by atoms with Crippen LogP contribution in [0.25, 0.3) is 0 Å². The second kappa shape index (κ2) is 7.33. The molecule has 0 saturated heterocycles. The Labute approximate surface area is 86.8 Å². The molecule has 5 nitrogen and oxygen atoms in total. The van der Waals surface area contributed by atoms with Crippen molar-refractivity contribution in [2.75, 3.05) is 34.5 Å². The quantitative estimate of drug-likeness (QED) is 0.597. The van der Waals surface area contributed by atoms with Crippen LogP contribution in [-0.4, -0.2) is 49.4 Å². The Morgan fingerprint density at radius 2 is 1.64 bits per heavy atom. The van der Waals surface area contributed by atoms with Crippen molar-refractivity contribution in [2.45, 2.75) is 19.1 Å². The molecule has 0 aromatic rings. The van der Waals surface area contributed by atoms with Crippen LogP contribution in [0.5, 0.6) is 0 Å². The summed E-state index contributed by atoms with van der Waals surface area (Å²) in [6, 6.07) is 0.635. The van der Waals surface area contributed by atoms with E-state index in [4.69, 9.17) is 23.7 Å². The standard InChI is InChI=1S/C8H21NO4Si/c1-8(13-6-5-9)7-14(10-2,11-3)12-4/h8H,5-7,9H2,1-4H3. The van der Waals surface area contributed by atoms with Gasteiger partial charge in [-0.1, -0.05) is 0 Å². The first-order chi connectivity index (χ1) is 6.64. The zero-order valence-electron chi connectivity index (χ0n) is 9.41. The molecule has 0 radical (unpaired) electrons. The smallest absolute Gasteiger partial charge is 0.377 e. The van der Waals surface area contributed by atoms with Crippen molar-refractivity contribution in [1.29, 1.82) is 0 Å². The highest BCUT2D eigenvalue weighted by atomic mass is 28.4. The third-order valence-corrected chi connectivity index (χ3v) is 4.93. The SMILES string of the molecule is CO[Si](CC(C)OCCN)(OC)OC. The zero-order chi connectivity index (χ0) is 11.0. The minimum Gasteiger partial charge on any atom is -0.377 e. The van der Waals surface area contributed by atoms with Crippen LogP contribution in [0.2, 0.25) is 6.04 Å². The first-order valence-corrected chi connectivity index (χ1v) is 6.54. The van der Waals surface area contributed by atoms with E-state index in [-0.39, 0.29) is 6.10 Å². The molecular formula is C8H21NO4Si. The first-order valence-electron chi connectivity index (χ1n) is 4.61. The van der Waals surface area contributed by atoms with Crippen molar-refractivity contribution in [3.8, 4) is 0 Å². The fourth-order valence-corrected chi connectivity index (χ4v) is 3.00. The topological polar surface area (TPSA) is 62.9 Å². The average Bonchev–Trinajstić information content (AvgIpc) is 2.23. The highest BCUT2D eigenvalue weighted by Crippen LogP contribution is 2.16. The van der Waals surface area contributed by atoms with Crippen LogP contribution in [0.3, 0.4) is 0 Å². The van der Waals surface area contributed by atoms with Gasteiger partial charge in [0.05, 0.1) is 12.7 Å². The summed E-state index contributed by atoms with van der Waals surface area (Å²) in [4.78, 5) is 0. The number of rotatable bonds is 8. The van der Waals surface area contributed by atoms with E-state index in [0.29, 0.717) is 19.2 Å². The summed E-state index contributed by atoms with van der Waals surface area (Å²) >= 11 is 0. The van der Waals surface area contributed by atoms with Crippen molar-refractivity contribution in [3.63, 3.8) is 0 Å². The van der Waals surface area contributed by atoms with Gasteiger partial charge in [0.1, 0.15) is 0 Å². The molecule has 0 aliphatic heterocycles. The maximum absolute atomic E-state index is 5.42. The monoisotopic (exact) mass is 223 g/mol. The summed E-state index contributed by atoms with van der Waals surface area (Å²) < 4.78 is 21.2. The van der Waals surface area contributed by atoms with Gasteiger partial charge in [-0.25, -0.2) is 0 Å². The zero-order valence-corrected chi connectivity index (χ0v) is 10.4. The van der Waals surface area contributed by atoms with Crippen molar-refractivity contribution < 1.29 is 18.0 Å². The lowest BCUT2D eigenvalue weighted by Gasteiger charge is -2.27. The number of ether oxygens (including phenoxy) is 1. The summed E-state index contributed by atoms with van der Waals surface area (Å²) in [7, 11) is 2.28. The summed E-state index contributed by atoms with van der Waals surface area (Å²) in [6.07, 6.45) is 0.0325. The van der Waals surface area contributed by atoms with Crippen LogP contribution < -0.4 is 5.73 Å². The molecule has 14 heavy (non-hydrogen) atoms. The normalized spacial score (nSPS) is 14.4. The van der Waals surface area contributed by atoms with Gasteiger partial charge in [0.15, 0.2) is 0 Å². The number of nitrogens with two attached hydrogens (primary N) is 1. The molecule has 0 rings (SSSR count). The Balaban J connectivity index is 4.01. The minimum absolute atomic E-state index is 0.0325. The molecule has 0 fully saturated rings. The van der Waals surface area contributed by atoms with Crippen LogP contribution in [-0.2, 0) is 18.0 Å². The summed E-state index contributed by atoms with van der Waals surface area (Å²) in [5, 5.41) is 0. The molecule has 6 heteroatoms. The molecule has 86 valence electrons. The van der Waals surface area contributed by atoms with Gasteiger partial charge in [-0.2, -0.15) is 0 Å². The van der Waals surface area contributed by atoms with Gasteiger partial charge in [-0.05, 0) is 6.92 Å². The molecule has 2 N–H and O–H groups in total. The van der Waals surface area contributed by atoms with Crippen molar-refractivity contribution in [3.05, 3.63) is 0 Å². The van der Waals surface area contributed by atoms with Crippen LogP contribution in [0.15, 0.2) is 0 Å². The molecule has 1 unspecified atom stereocenters. The van der Waals surface area contributed by atoms with Crippen molar-refractivity contribution in [1.82, 2.24) is 0 Å². The molecule has 0 aromatic carbocycles. The fraction of sp³-hybridized carbons (Fsp3) is 1.00. The molecule has 0 amide bonds. The summed E-state index contributed by atoms with van der Waals surface area (Å²) in [6.45, 7) is 3.02. The molecule has 0 aromatic heterocycles. The van der Waals surface area contributed by atoms with E-state index in [2.05, 4.69) is 0 Å². The largest absolute Gasteiger partial charge is 0.502 e. The Kier molecular flexibility index (Phi) is 7.34. The molecule has 0 saturated carbocycles. The maximum Gasteiger partial charge on any atom is 0.502 e. The molecule has 0 heterocycles. The lowest BCUT2D eigenvalue weighted by Crippen LogP contribution is -2.45.